The average molecular weight is 169 g/mol. The standard InChI is InChI=1S/C7H11N3S/c1-2-3-4-5-11-7-6-8-10-9-7/h2,6H,1,3-5H2,(H,8,9,10). The fraction of sp³-hybridized carbons (Fsp3) is 0.429. The highest BCUT2D eigenvalue weighted by Crippen LogP contribution is 2.14. The van der Waals surface area contributed by atoms with Crippen LogP contribution in [-0.2, 0) is 0 Å². The summed E-state index contributed by atoms with van der Waals surface area (Å²) in [6, 6.07) is 0. The number of aromatic amines is 1. The summed E-state index contributed by atoms with van der Waals surface area (Å²) in [5.41, 5.74) is 0. The summed E-state index contributed by atoms with van der Waals surface area (Å²) >= 11 is 1.74. The van der Waals surface area contributed by atoms with Crippen molar-refractivity contribution in [1.82, 2.24) is 15.4 Å². The molecule has 0 amide bonds. The van der Waals surface area contributed by atoms with E-state index < -0.39 is 0 Å². The van der Waals surface area contributed by atoms with Gasteiger partial charge in [0.1, 0.15) is 5.03 Å². The molecule has 0 bridgehead atoms. The van der Waals surface area contributed by atoms with Crippen LogP contribution in [-0.4, -0.2) is 21.2 Å². The Morgan fingerprint density at radius 2 is 2.64 bits per heavy atom. The van der Waals surface area contributed by atoms with Crippen LogP contribution in [0.5, 0.6) is 0 Å². The maximum Gasteiger partial charge on any atom is 0.111 e. The summed E-state index contributed by atoms with van der Waals surface area (Å²) in [4.78, 5) is 0. The predicted octanol–water partition coefficient (Wildman–Crippen LogP) is 1.86. The van der Waals surface area contributed by atoms with Gasteiger partial charge in [0.2, 0.25) is 0 Å². The molecule has 0 saturated carbocycles. The summed E-state index contributed by atoms with van der Waals surface area (Å²) < 4.78 is 0. The molecule has 0 saturated heterocycles. The molecule has 1 aromatic rings. The summed E-state index contributed by atoms with van der Waals surface area (Å²) in [6.07, 6.45) is 5.91. The average Bonchev–Trinajstić information content (AvgIpc) is 2.50. The van der Waals surface area contributed by atoms with Gasteiger partial charge in [0.05, 0.1) is 6.20 Å². The van der Waals surface area contributed by atoms with Crippen molar-refractivity contribution >= 4 is 11.8 Å². The lowest BCUT2D eigenvalue weighted by atomic mass is 10.3. The van der Waals surface area contributed by atoms with E-state index in [2.05, 4.69) is 22.0 Å². The number of hydrogen-bond donors (Lipinski definition) is 1. The highest BCUT2D eigenvalue weighted by molar-refractivity contribution is 7.99. The number of thioether (sulfide) groups is 1. The van der Waals surface area contributed by atoms with Crippen molar-refractivity contribution in [3.8, 4) is 0 Å². The van der Waals surface area contributed by atoms with E-state index in [1.165, 1.54) is 0 Å². The number of allylic oxidation sites excluding steroid dienone is 1. The zero-order valence-electron chi connectivity index (χ0n) is 6.29. The molecule has 0 aliphatic heterocycles. The van der Waals surface area contributed by atoms with E-state index in [1.807, 2.05) is 6.08 Å². The first-order valence-corrected chi connectivity index (χ1v) is 4.52. The minimum absolute atomic E-state index is 1.04. The van der Waals surface area contributed by atoms with Crippen LogP contribution in [0, 0.1) is 0 Å². The monoisotopic (exact) mass is 169 g/mol. The van der Waals surface area contributed by atoms with Crippen LogP contribution in [0.15, 0.2) is 23.9 Å². The summed E-state index contributed by atoms with van der Waals surface area (Å²) in [6.45, 7) is 3.65. The lowest BCUT2D eigenvalue weighted by molar-refractivity contribution is 0.908. The van der Waals surface area contributed by atoms with Gasteiger partial charge in [0.25, 0.3) is 0 Å². The molecule has 0 atom stereocenters. The van der Waals surface area contributed by atoms with Crippen molar-refractivity contribution in [2.24, 2.45) is 0 Å². The highest BCUT2D eigenvalue weighted by atomic mass is 32.2. The Labute approximate surface area is 70.3 Å². The van der Waals surface area contributed by atoms with Gasteiger partial charge in [-0.2, -0.15) is 0 Å². The van der Waals surface area contributed by atoms with Gasteiger partial charge in [0, 0.05) is 0 Å². The third-order valence-electron chi connectivity index (χ3n) is 1.20. The molecule has 3 nitrogen and oxygen atoms in total. The number of hydrogen-bond acceptors (Lipinski definition) is 3. The quantitative estimate of drug-likeness (QED) is 0.415. The summed E-state index contributed by atoms with van der Waals surface area (Å²) in [7, 11) is 0. The van der Waals surface area contributed by atoms with E-state index in [-0.39, 0.29) is 0 Å². The summed E-state index contributed by atoms with van der Waals surface area (Å²) in [5.74, 6) is 1.09. The predicted molar refractivity (Wildman–Crippen MR) is 46.5 cm³/mol. The number of H-pyrrole nitrogens is 1. The van der Waals surface area contributed by atoms with Crippen LogP contribution in [0.4, 0.5) is 0 Å². The maximum absolute atomic E-state index is 3.67. The molecule has 1 rings (SSSR count). The van der Waals surface area contributed by atoms with Crippen molar-refractivity contribution in [2.45, 2.75) is 17.9 Å². The first-order valence-electron chi connectivity index (χ1n) is 3.53. The van der Waals surface area contributed by atoms with E-state index in [0.717, 1.165) is 23.6 Å². The van der Waals surface area contributed by atoms with E-state index >= 15 is 0 Å². The van der Waals surface area contributed by atoms with E-state index in [1.54, 1.807) is 18.0 Å². The molecular formula is C7H11N3S. The van der Waals surface area contributed by atoms with Gasteiger partial charge in [0.15, 0.2) is 0 Å². The molecule has 1 heterocycles. The van der Waals surface area contributed by atoms with Gasteiger partial charge in [-0.15, -0.1) is 23.4 Å². The van der Waals surface area contributed by atoms with E-state index in [4.69, 9.17) is 0 Å². The van der Waals surface area contributed by atoms with Crippen LogP contribution in [0.25, 0.3) is 0 Å². The van der Waals surface area contributed by atoms with Gasteiger partial charge in [-0.1, -0.05) is 11.3 Å². The van der Waals surface area contributed by atoms with Crippen LogP contribution in [0.3, 0.4) is 0 Å². The Morgan fingerprint density at radius 1 is 1.73 bits per heavy atom. The fourth-order valence-corrected chi connectivity index (χ4v) is 1.43. The van der Waals surface area contributed by atoms with Crippen LogP contribution >= 0.6 is 11.8 Å². The zero-order chi connectivity index (χ0) is 7.94. The van der Waals surface area contributed by atoms with Crippen molar-refractivity contribution in [3.05, 3.63) is 18.9 Å². The Morgan fingerprint density at radius 3 is 3.27 bits per heavy atom. The molecule has 4 heteroatoms. The van der Waals surface area contributed by atoms with E-state index in [9.17, 15) is 0 Å². The van der Waals surface area contributed by atoms with Gasteiger partial charge in [-0.05, 0) is 18.6 Å². The summed E-state index contributed by atoms with van der Waals surface area (Å²) in [5, 5.41) is 11.1. The maximum atomic E-state index is 3.67. The number of nitrogens with one attached hydrogen (secondary N) is 1. The minimum Gasteiger partial charge on any atom is -0.252 e. The molecule has 0 aliphatic carbocycles. The van der Waals surface area contributed by atoms with Gasteiger partial charge in [-0.3, -0.25) is 5.10 Å². The topological polar surface area (TPSA) is 41.6 Å². The molecule has 11 heavy (non-hydrogen) atoms. The zero-order valence-corrected chi connectivity index (χ0v) is 7.10. The van der Waals surface area contributed by atoms with Crippen LogP contribution in [0.1, 0.15) is 12.8 Å². The van der Waals surface area contributed by atoms with Gasteiger partial charge >= 0.3 is 0 Å². The Kier molecular flexibility index (Phi) is 3.75. The van der Waals surface area contributed by atoms with E-state index in [0.29, 0.717) is 0 Å². The molecule has 0 unspecified atom stereocenters. The second kappa shape index (κ2) is 4.96. The van der Waals surface area contributed by atoms with Crippen LogP contribution < -0.4 is 0 Å². The van der Waals surface area contributed by atoms with Crippen molar-refractivity contribution in [3.63, 3.8) is 0 Å². The number of unbranched alkanes of at least 4 members (excludes halogenated alkanes) is 1. The number of nitrogens with zero attached hydrogens (tertiary/aromatic N) is 2. The second-order valence-corrected chi connectivity index (χ2v) is 3.24. The lowest BCUT2D eigenvalue weighted by Gasteiger charge is -1.93. The lowest BCUT2D eigenvalue weighted by Crippen LogP contribution is -1.78. The molecule has 1 aromatic heterocycles. The van der Waals surface area contributed by atoms with Gasteiger partial charge in [-0.25, -0.2) is 0 Å². The normalized spacial score (nSPS) is 9.82. The molecule has 0 radical (unpaired) electrons. The molecule has 0 aliphatic rings. The Bertz CT molecular complexity index is 195. The molecule has 0 spiro atoms. The first-order chi connectivity index (χ1) is 5.43. The number of rotatable bonds is 5. The smallest absolute Gasteiger partial charge is 0.111 e. The first kappa shape index (κ1) is 8.33. The highest BCUT2D eigenvalue weighted by Gasteiger charge is 1.93. The molecule has 0 aromatic carbocycles. The third-order valence-corrected chi connectivity index (χ3v) is 2.20. The second-order valence-electron chi connectivity index (χ2n) is 2.10. The van der Waals surface area contributed by atoms with Crippen molar-refractivity contribution in [1.29, 1.82) is 0 Å². The van der Waals surface area contributed by atoms with Crippen molar-refractivity contribution < 1.29 is 0 Å². The largest absolute Gasteiger partial charge is 0.252 e. The third kappa shape index (κ3) is 3.23. The van der Waals surface area contributed by atoms with Gasteiger partial charge < -0.3 is 0 Å². The minimum atomic E-state index is 1.04. The molecule has 0 fully saturated rings. The Hall–Kier alpha value is -0.770. The fourth-order valence-electron chi connectivity index (χ4n) is 0.668. The molecular weight excluding hydrogens is 158 g/mol. The number of aromatic nitrogens is 3. The molecule has 60 valence electrons. The SMILES string of the molecule is C=CCCCSc1cnn[nH]1. The molecule has 1 N–H and O–H groups in total. The Balaban J connectivity index is 2.09. The van der Waals surface area contributed by atoms with Crippen molar-refractivity contribution in [2.75, 3.05) is 5.75 Å². The van der Waals surface area contributed by atoms with Crippen LogP contribution in [0.2, 0.25) is 0 Å².